The van der Waals surface area contributed by atoms with Gasteiger partial charge in [0.05, 0.1) is 12.6 Å². The van der Waals surface area contributed by atoms with Gasteiger partial charge in [0.25, 0.3) is 0 Å². The molecule has 3 N–H and O–H groups in total. The van der Waals surface area contributed by atoms with Crippen LogP contribution in [-0.4, -0.2) is 54.8 Å². The van der Waals surface area contributed by atoms with Crippen molar-refractivity contribution in [3.8, 4) is 0 Å². The second-order valence-corrected chi connectivity index (χ2v) is 8.59. The number of likely N-dealkylation sites (N-methyl/N-ethyl adjacent to an activating group) is 1. The third-order valence-electron chi connectivity index (χ3n) is 5.82. The van der Waals surface area contributed by atoms with Crippen molar-refractivity contribution in [2.75, 3.05) is 20.1 Å². The third-order valence-corrected chi connectivity index (χ3v) is 5.82. The SMILES string of the molecule is CCC[C@@H]1NCc2cccc(c2)CCNC(=O)[C@@H](Cc2ccccc2)NC(=O)CN(C)C1=O. The Hall–Kier alpha value is -3.19. The van der Waals surface area contributed by atoms with Gasteiger partial charge in [0.2, 0.25) is 17.7 Å². The number of benzene rings is 2. The van der Waals surface area contributed by atoms with Gasteiger partial charge >= 0.3 is 0 Å². The fourth-order valence-electron chi connectivity index (χ4n) is 4.05. The van der Waals surface area contributed by atoms with E-state index in [-0.39, 0.29) is 30.3 Å². The van der Waals surface area contributed by atoms with E-state index in [1.165, 1.54) is 4.90 Å². The highest BCUT2D eigenvalue weighted by atomic mass is 16.2. The molecule has 0 fully saturated rings. The number of amides is 3. The van der Waals surface area contributed by atoms with Gasteiger partial charge < -0.3 is 20.9 Å². The maximum atomic E-state index is 13.0. The zero-order chi connectivity index (χ0) is 23.6. The first kappa shape index (κ1) is 24.5. The fourth-order valence-corrected chi connectivity index (χ4v) is 4.05. The zero-order valence-corrected chi connectivity index (χ0v) is 19.5. The van der Waals surface area contributed by atoms with Crippen molar-refractivity contribution in [1.82, 2.24) is 20.9 Å². The van der Waals surface area contributed by atoms with Crippen LogP contribution in [0, 0.1) is 0 Å². The Morgan fingerprint density at radius 1 is 0.970 bits per heavy atom. The van der Waals surface area contributed by atoms with E-state index in [1.807, 2.05) is 55.5 Å². The second kappa shape index (κ2) is 12.2. The lowest BCUT2D eigenvalue weighted by atomic mass is 10.0. The van der Waals surface area contributed by atoms with Gasteiger partial charge in [-0.25, -0.2) is 0 Å². The molecule has 0 unspecified atom stereocenters. The van der Waals surface area contributed by atoms with E-state index < -0.39 is 6.04 Å². The van der Waals surface area contributed by atoms with Gasteiger partial charge in [0.15, 0.2) is 0 Å². The van der Waals surface area contributed by atoms with Gasteiger partial charge in [0.1, 0.15) is 6.04 Å². The highest BCUT2D eigenvalue weighted by Crippen LogP contribution is 2.09. The molecular weight excluding hydrogens is 416 g/mol. The number of fused-ring (bicyclic) bond motifs is 2. The van der Waals surface area contributed by atoms with Crippen LogP contribution in [0.2, 0.25) is 0 Å². The maximum Gasteiger partial charge on any atom is 0.242 e. The summed E-state index contributed by atoms with van der Waals surface area (Å²) >= 11 is 0. The van der Waals surface area contributed by atoms with E-state index in [2.05, 4.69) is 22.0 Å². The molecule has 3 rings (SSSR count). The minimum absolute atomic E-state index is 0.102. The van der Waals surface area contributed by atoms with Gasteiger partial charge in [-0.3, -0.25) is 14.4 Å². The van der Waals surface area contributed by atoms with Crippen molar-refractivity contribution in [2.24, 2.45) is 0 Å². The van der Waals surface area contributed by atoms with Gasteiger partial charge in [-0.1, -0.05) is 67.9 Å². The first-order valence-electron chi connectivity index (χ1n) is 11.6. The summed E-state index contributed by atoms with van der Waals surface area (Å²) < 4.78 is 0. The fraction of sp³-hybridized carbons (Fsp3) is 0.423. The molecule has 0 radical (unpaired) electrons. The summed E-state index contributed by atoms with van der Waals surface area (Å²) in [4.78, 5) is 40.2. The van der Waals surface area contributed by atoms with Gasteiger partial charge in [-0.05, 0) is 29.5 Å². The van der Waals surface area contributed by atoms with Crippen LogP contribution < -0.4 is 16.0 Å². The first-order chi connectivity index (χ1) is 16.0. The van der Waals surface area contributed by atoms with Crippen molar-refractivity contribution in [3.05, 3.63) is 71.3 Å². The summed E-state index contributed by atoms with van der Waals surface area (Å²) in [6.07, 6.45) is 2.60. The van der Waals surface area contributed by atoms with Crippen LogP contribution in [0.4, 0.5) is 0 Å². The third kappa shape index (κ3) is 7.43. The molecule has 0 saturated carbocycles. The maximum absolute atomic E-state index is 13.0. The molecule has 3 amide bonds. The number of nitrogens with zero attached hydrogens (tertiary/aromatic N) is 1. The molecule has 2 aromatic carbocycles. The van der Waals surface area contributed by atoms with Gasteiger partial charge in [0, 0.05) is 26.6 Å². The Labute approximate surface area is 195 Å². The molecule has 2 atom stereocenters. The van der Waals surface area contributed by atoms with Crippen molar-refractivity contribution in [3.63, 3.8) is 0 Å². The summed E-state index contributed by atoms with van der Waals surface area (Å²) in [6, 6.07) is 16.7. The summed E-state index contributed by atoms with van der Waals surface area (Å²) in [7, 11) is 1.63. The molecule has 0 aliphatic carbocycles. The summed E-state index contributed by atoms with van der Waals surface area (Å²) in [5.74, 6) is -0.705. The van der Waals surface area contributed by atoms with Crippen LogP contribution >= 0.6 is 0 Å². The molecule has 1 heterocycles. The number of rotatable bonds is 4. The minimum atomic E-state index is -0.716. The standard InChI is InChI=1S/C26H34N4O3/c1-3-8-22-26(33)30(2)18-24(31)29-23(16-19-9-5-4-6-10-19)25(32)27-14-13-20-11-7-12-21(15-20)17-28-22/h4-7,9-12,15,22-23,28H,3,8,13-14,16-18H2,1-2H3,(H,27,32)(H,29,31)/t22-,23+/m0/s1. The van der Waals surface area contributed by atoms with E-state index in [4.69, 9.17) is 0 Å². The van der Waals surface area contributed by atoms with Crippen molar-refractivity contribution in [2.45, 2.75) is 51.2 Å². The van der Waals surface area contributed by atoms with Crippen LogP contribution in [0.1, 0.15) is 36.5 Å². The van der Waals surface area contributed by atoms with Crippen molar-refractivity contribution < 1.29 is 14.4 Å². The summed E-state index contributed by atoms with van der Waals surface area (Å²) in [5.41, 5.74) is 3.15. The average molecular weight is 451 g/mol. The number of carbonyl (C=O) groups is 3. The van der Waals surface area contributed by atoms with E-state index in [0.717, 1.165) is 23.1 Å². The van der Waals surface area contributed by atoms with Crippen LogP contribution in [0.25, 0.3) is 0 Å². The largest absolute Gasteiger partial charge is 0.354 e. The molecule has 7 heteroatoms. The Balaban J connectivity index is 1.82. The predicted octanol–water partition coefficient (Wildman–Crippen LogP) is 1.80. The molecule has 1 aliphatic rings. The molecule has 2 aromatic rings. The van der Waals surface area contributed by atoms with Crippen LogP contribution in [-0.2, 0) is 33.8 Å². The number of hydrogen-bond acceptors (Lipinski definition) is 4. The van der Waals surface area contributed by atoms with Gasteiger partial charge in [-0.15, -0.1) is 0 Å². The van der Waals surface area contributed by atoms with Crippen molar-refractivity contribution in [1.29, 1.82) is 0 Å². The van der Waals surface area contributed by atoms with Crippen LogP contribution in [0.15, 0.2) is 54.6 Å². The van der Waals surface area contributed by atoms with Crippen molar-refractivity contribution >= 4 is 17.7 Å². The molecule has 0 spiro atoms. The first-order valence-corrected chi connectivity index (χ1v) is 11.6. The molecule has 0 saturated heterocycles. The molecule has 7 nitrogen and oxygen atoms in total. The molecule has 0 aromatic heterocycles. The molecule has 1 aliphatic heterocycles. The van der Waals surface area contributed by atoms with E-state index in [0.29, 0.717) is 32.4 Å². The lowest BCUT2D eigenvalue weighted by molar-refractivity contribution is -0.137. The van der Waals surface area contributed by atoms with E-state index in [1.54, 1.807) is 7.05 Å². The normalized spacial score (nSPS) is 20.8. The molecule has 176 valence electrons. The highest BCUT2D eigenvalue weighted by Gasteiger charge is 2.25. The van der Waals surface area contributed by atoms with Gasteiger partial charge in [-0.2, -0.15) is 0 Å². The Morgan fingerprint density at radius 2 is 1.73 bits per heavy atom. The Morgan fingerprint density at radius 3 is 2.48 bits per heavy atom. The van der Waals surface area contributed by atoms with E-state index >= 15 is 0 Å². The zero-order valence-electron chi connectivity index (χ0n) is 19.5. The lowest BCUT2D eigenvalue weighted by Gasteiger charge is -2.26. The summed E-state index contributed by atoms with van der Waals surface area (Å²) in [5, 5.41) is 9.16. The number of hydrogen-bond donors (Lipinski definition) is 3. The Kier molecular flexibility index (Phi) is 9.01. The second-order valence-electron chi connectivity index (χ2n) is 8.59. The predicted molar refractivity (Wildman–Crippen MR) is 128 cm³/mol. The molecule has 2 bridgehead atoms. The number of nitrogens with one attached hydrogen (secondary N) is 3. The lowest BCUT2D eigenvalue weighted by Crippen LogP contribution is -2.52. The highest BCUT2D eigenvalue weighted by molar-refractivity contribution is 5.91. The number of carbonyl (C=O) groups excluding carboxylic acids is 3. The molecular formula is C26H34N4O3. The smallest absolute Gasteiger partial charge is 0.242 e. The topological polar surface area (TPSA) is 90.5 Å². The monoisotopic (exact) mass is 450 g/mol. The molecule has 33 heavy (non-hydrogen) atoms. The quantitative estimate of drug-likeness (QED) is 0.663. The Bertz CT molecular complexity index is 948. The van der Waals surface area contributed by atoms with Crippen LogP contribution in [0.3, 0.4) is 0 Å². The summed E-state index contributed by atoms with van der Waals surface area (Å²) in [6.45, 7) is 2.98. The van der Waals surface area contributed by atoms with Crippen LogP contribution in [0.5, 0.6) is 0 Å². The average Bonchev–Trinajstić information content (AvgIpc) is 2.81. The minimum Gasteiger partial charge on any atom is -0.354 e. The van der Waals surface area contributed by atoms with E-state index in [9.17, 15) is 14.4 Å².